The van der Waals surface area contributed by atoms with E-state index in [0.717, 1.165) is 12.2 Å². The summed E-state index contributed by atoms with van der Waals surface area (Å²) in [5.41, 5.74) is 10.0. The second-order valence-corrected chi connectivity index (χ2v) is 5.68. The van der Waals surface area contributed by atoms with Crippen LogP contribution in [0.4, 0.5) is 5.69 Å². The highest BCUT2D eigenvalue weighted by Gasteiger charge is 2.25. The van der Waals surface area contributed by atoms with Crippen LogP contribution in [0.1, 0.15) is 36.4 Å². The third-order valence-corrected chi connectivity index (χ3v) is 4.29. The number of hydrogen-bond acceptors (Lipinski definition) is 2. The number of nitrogens with two attached hydrogens (primary N) is 1. The molecule has 0 heterocycles. The van der Waals surface area contributed by atoms with Crippen molar-refractivity contribution >= 4 is 18.1 Å². The predicted molar refractivity (Wildman–Crippen MR) is 91.7 cm³/mol. The molecule has 0 aromatic heterocycles. The van der Waals surface area contributed by atoms with Gasteiger partial charge < -0.3 is 11.1 Å². The zero-order chi connectivity index (χ0) is 13.8. The lowest BCUT2D eigenvalue weighted by atomic mass is 9.77. The van der Waals surface area contributed by atoms with Crippen molar-refractivity contribution in [3.8, 4) is 0 Å². The van der Waals surface area contributed by atoms with Crippen molar-refractivity contribution in [1.29, 1.82) is 0 Å². The van der Waals surface area contributed by atoms with Gasteiger partial charge >= 0.3 is 0 Å². The van der Waals surface area contributed by atoms with E-state index >= 15 is 0 Å². The van der Waals surface area contributed by atoms with Gasteiger partial charge in [0, 0.05) is 18.3 Å². The fourth-order valence-electron chi connectivity index (χ4n) is 2.69. The highest BCUT2D eigenvalue weighted by molar-refractivity contribution is 5.85. The third kappa shape index (κ3) is 3.99. The molecule has 1 aliphatic carbocycles. The molecule has 2 nitrogen and oxygen atoms in total. The number of nitrogens with one attached hydrogen (secondary N) is 1. The van der Waals surface area contributed by atoms with Crippen molar-refractivity contribution in [2.45, 2.75) is 31.8 Å². The van der Waals surface area contributed by atoms with Crippen LogP contribution in [0, 0.1) is 5.92 Å². The summed E-state index contributed by atoms with van der Waals surface area (Å²) >= 11 is 0. The number of halogens is 1. The van der Waals surface area contributed by atoms with Gasteiger partial charge in [0.15, 0.2) is 0 Å². The van der Waals surface area contributed by atoms with Crippen LogP contribution in [0.2, 0.25) is 0 Å². The molecular weight excluding hydrogens is 280 g/mol. The molecule has 112 valence electrons. The molecule has 3 rings (SSSR count). The Balaban J connectivity index is 0.00000161. The Labute approximate surface area is 133 Å². The summed E-state index contributed by atoms with van der Waals surface area (Å²) in [4.78, 5) is 0. The van der Waals surface area contributed by atoms with Gasteiger partial charge in [-0.3, -0.25) is 0 Å². The monoisotopic (exact) mass is 302 g/mol. The number of hydrogen-bond donors (Lipinski definition) is 2. The summed E-state index contributed by atoms with van der Waals surface area (Å²) in [5, 5.41) is 3.44. The molecule has 0 aliphatic heterocycles. The molecule has 2 aromatic rings. The molecule has 0 unspecified atom stereocenters. The summed E-state index contributed by atoms with van der Waals surface area (Å²) in [6.07, 6.45) is 3.92. The zero-order valence-corrected chi connectivity index (χ0v) is 13.0. The molecule has 1 saturated carbocycles. The number of anilines is 1. The average molecular weight is 303 g/mol. The first-order chi connectivity index (χ1) is 9.83. The smallest absolute Gasteiger partial charge is 0.0400 e. The number of benzene rings is 2. The summed E-state index contributed by atoms with van der Waals surface area (Å²) in [6, 6.07) is 19.3. The van der Waals surface area contributed by atoms with Gasteiger partial charge in [0.2, 0.25) is 0 Å². The van der Waals surface area contributed by atoms with Crippen molar-refractivity contribution in [3.05, 3.63) is 65.7 Å². The van der Waals surface area contributed by atoms with E-state index in [2.05, 4.69) is 53.8 Å². The normalized spacial score (nSPS) is 15.7. The van der Waals surface area contributed by atoms with E-state index < -0.39 is 0 Å². The summed E-state index contributed by atoms with van der Waals surface area (Å²) in [5.74, 6) is 0.693. The second-order valence-electron chi connectivity index (χ2n) is 5.68. The SMILES string of the molecule is Cl.N[C@@H](c1ccc(NCc2ccccc2)cc1)C1CCC1. The van der Waals surface area contributed by atoms with Crippen LogP contribution in [0.3, 0.4) is 0 Å². The fraction of sp³-hybridized carbons (Fsp3) is 0.333. The predicted octanol–water partition coefficient (Wildman–Crippen LogP) is 4.52. The van der Waals surface area contributed by atoms with Crippen LogP contribution in [0.25, 0.3) is 0 Å². The third-order valence-electron chi connectivity index (χ3n) is 4.29. The highest BCUT2D eigenvalue weighted by Crippen LogP contribution is 2.36. The van der Waals surface area contributed by atoms with E-state index in [1.165, 1.54) is 30.4 Å². The molecule has 1 fully saturated rings. The van der Waals surface area contributed by atoms with E-state index in [1.54, 1.807) is 0 Å². The first-order valence-electron chi connectivity index (χ1n) is 7.46. The van der Waals surface area contributed by atoms with Crippen molar-refractivity contribution < 1.29 is 0 Å². The average Bonchev–Trinajstić information content (AvgIpc) is 2.45. The lowest BCUT2D eigenvalue weighted by Crippen LogP contribution is -2.26. The molecular formula is C18H23ClN2. The summed E-state index contributed by atoms with van der Waals surface area (Å²) < 4.78 is 0. The molecule has 21 heavy (non-hydrogen) atoms. The maximum Gasteiger partial charge on any atom is 0.0400 e. The van der Waals surface area contributed by atoms with Gasteiger partial charge in [-0.2, -0.15) is 0 Å². The van der Waals surface area contributed by atoms with E-state index in [9.17, 15) is 0 Å². The quantitative estimate of drug-likeness (QED) is 0.852. The molecule has 0 spiro atoms. The van der Waals surface area contributed by atoms with Crippen LogP contribution in [0.5, 0.6) is 0 Å². The molecule has 1 aliphatic rings. The van der Waals surface area contributed by atoms with Gasteiger partial charge in [0.05, 0.1) is 0 Å². The minimum Gasteiger partial charge on any atom is -0.381 e. The summed E-state index contributed by atoms with van der Waals surface area (Å²) in [7, 11) is 0. The van der Waals surface area contributed by atoms with E-state index in [4.69, 9.17) is 5.73 Å². The minimum absolute atomic E-state index is 0. The van der Waals surface area contributed by atoms with E-state index in [-0.39, 0.29) is 18.4 Å². The molecule has 3 N–H and O–H groups in total. The highest BCUT2D eigenvalue weighted by atomic mass is 35.5. The molecule has 3 heteroatoms. The topological polar surface area (TPSA) is 38.0 Å². The number of rotatable bonds is 5. The van der Waals surface area contributed by atoms with Gasteiger partial charge in [0.1, 0.15) is 0 Å². The van der Waals surface area contributed by atoms with Gasteiger partial charge in [0.25, 0.3) is 0 Å². The molecule has 2 aromatic carbocycles. The van der Waals surface area contributed by atoms with Crippen LogP contribution < -0.4 is 11.1 Å². The Bertz CT molecular complexity index is 535. The second kappa shape index (κ2) is 7.48. The summed E-state index contributed by atoms with van der Waals surface area (Å²) in [6.45, 7) is 0.856. The Morgan fingerprint density at radius 2 is 1.67 bits per heavy atom. The first-order valence-corrected chi connectivity index (χ1v) is 7.46. The Morgan fingerprint density at radius 1 is 1.00 bits per heavy atom. The molecule has 0 bridgehead atoms. The van der Waals surface area contributed by atoms with Crippen LogP contribution >= 0.6 is 12.4 Å². The van der Waals surface area contributed by atoms with Gasteiger partial charge in [-0.05, 0) is 42.0 Å². The molecule has 1 atom stereocenters. The zero-order valence-electron chi connectivity index (χ0n) is 12.2. The van der Waals surface area contributed by atoms with Gasteiger partial charge in [-0.1, -0.05) is 48.9 Å². The maximum atomic E-state index is 6.29. The minimum atomic E-state index is 0. The Kier molecular flexibility index (Phi) is 5.66. The fourth-order valence-corrected chi connectivity index (χ4v) is 2.69. The van der Waals surface area contributed by atoms with Crippen LogP contribution in [-0.2, 0) is 6.54 Å². The molecule has 0 radical (unpaired) electrons. The lowest BCUT2D eigenvalue weighted by Gasteiger charge is -2.31. The van der Waals surface area contributed by atoms with Gasteiger partial charge in [-0.25, -0.2) is 0 Å². The lowest BCUT2D eigenvalue weighted by molar-refractivity contribution is 0.264. The Morgan fingerprint density at radius 3 is 2.24 bits per heavy atom. The van der Waals surface area contributed by atoms with Crippen molar-refractivity contribution in [3.63, 3.8) is 0 Å². The Hall–Kier alpha value is -1.51. The van der Waals surface area contributed by atoms with E-state index in [0.29, 0.717) is 5.92 Å². The largest absolute Gasteiger partial charge is 0.381 e. The molecule has 0 saturated heterocycles. The van der Waals surface area contributed by atoms with Crippen molar-refractivity contribution in [2.75, 3.05) is 5.32 Å². The molecule has 0 amide bonds. The van der Waals surface area contributed by atoms with Crippen LogP contribution in [-0.4, -0.2) is 0 Å². The maximum absolute atomic E-state index is 6.29. The van der Waals surface area contributed by atoms with E-state index in [1.807, 2.05) is 6.07 Å². The standard InChI is InChI=1S/C18H22N2.ClH/c19-18(15-7-4-8-15)16-9-11-17(12-10-16)20-13-14-5-2-1-3-6-14;/h1-3,5-6,9-12,15,18,20H,4,7-8,13,19H2;1H/t18-;/m1./s1. The van der Waals surface area contributed by atoms with Gasteiger partial charge in [-0.15, -0.1) is 12.4 Å². The van der Waals surface area contributed by atoms with Crippen LogP contribution in [0.15, 0.2) is 54.6 Å². The van der Waals surface area contributed by atoms with Crippen molar-refractivity contribution in [2.24, 2.45) is 11.7 Å². The first kappa shape index (κ1) is 15.9. The van der Waals surface area contributed by atoms with Crippen molar-refractivity contribution in [1.82, 2.24) is 0 Å².